The highest BCUT2D eigenvalue weighted by Crippen LogP contribution is 2.43. The number of amides is 1. The molecule has 7 rings (SSSR count). The van der Waals surface area contributed by atoms with Crippen LogP contribution in [-0.4, -0.2) is 39.8 Å². The molecule has 6 heteroatoms. The van der Waals surface area contributed by atoms with Gasteiger partial charge in [0, 0.05) is 42.8 Å². The molecule has 2 aromatic carbocycles. The molecule has 3 aliphatic rings. The van der Waals surface area contributed by atoms with Gasteiger partial charge in [-0.05, 0) is 92.8 Å². The molecule has 1 saturated carbocycles. The number of carbonyl (C=O) groups excluding carboxylic acids is 1. The normalized spacial score (nSPS) is 19.3. The predicted molar refractivity (Wildman–Crippen MR) is 148 cm³/mol. The number of aryl methyl sites for hydroxylation is 1. The topological polar surface area (TPSA) is 40.9 Å². The highest BCUT2D eigenvalue weighted by atomic mass is 19.1. The van der Waals surface area contributed by atoms with Crippen LogP contribution in [0.3, 0.4) is 0 Å². The van der Waals surface area contributed by atoms with E-state index in [0.717, 1.165) is 67.8 Å². The second kappa shape index (κ2) is 8.97. The lowest BCUT2D eigenvalue weighted by atomic mass is 9.93. The fraction of sp³-hybridized carbons (Fsp3) is 0.375. The van der Waals surface area contributed by atoms with Gasteiger partial charge in [-0.25, -0.2) is 9.37 Å². The Bertz CT molecular complexity index is 1560. The van der Waals surface area contributed by atoms with Crippen LogP contribution in [0, 0.1) is 12.7 Å². The molecule has 0 bridgehead atoms. The zero-order chi connectivity index (χ0) is 26.0. The summed E-state index contributed by atoms with van der Waals surface area (Å²) in [4.78, 5) is 23.1. The smallest absolute Gasteiger partial charge is 0.255 e. The summed E-state index contributed by atoms with van der Waals surface area (Å²) >= 11 is 0. The minimum atomic E-state index is -0.244. The Balaban J connectivity index is 1.28. The molecule has 4 aromatic rings. The fourth-order valence-electron chi connectivity index (χ4n) is 6.43. The van der Waals surface area contributed by atoms with Crippen molar-refractivity contribution in [1.29, 1.82) is 0 Å². The maximum Gasteiger partial charge on any atom is 0.255 e. The molecule has 1 amide bonds. The summed E-state index contributed by atoms with van der Waals surface area (Å²) in [5, 5.41) is 0. The second-order valence-electron chi connectivity index (χ2n) is 11.2. The highest BCUT2D eigenvalue weighted by molar-refractivity contribution is 5.95. The van der Waals surface area contributed by atoms with Gasteiger partial charge in [0.1, 0.15) is 11.5 Å². The Kier molecular flexibility index (Phi) is 5.53. The third-order valence-electron chi connectivity index (χ3n) is 8.79. The molecule has 38 heavy (non-hydrogen) atoms. The monoisotopic (exact) mass is 508 g/mol. The van der Waals surface area contributed by atoms with E-state index in [1.54, 1.807) is 6.07 Å². The van der Waals surface area contributed by atoms with Crippen molar-refractivity contribution in [3.8, 4) is 11.3 Å². The molecule has 5 nitrogen and oxygen atoms in total. The largest absolute Gasteiger partial charge is 0.371 e. The van der Waals surface area contributed by atoms with Crippen LogP contribution >= 0.6 is 0 Å². The first-order valence-corrected chi connectivity index (χ1v) is 14.0. The Labute approximate surface area is 222 Å². The lowest BCUT2D eigenvalue weighted by Crippen LogP contribution is -2.39. The summed E-state index contributed by atoms with van der Waals surface area (Å²) in [6.45, 7) is 6.76. The molecule has 1 saturated heterocycles. The van der Waals surface area contributed by atoms with Gasteiger partial charge in [0.2, 0.25) is 0 Å². The maximum absolute atomic E-state index is 15.4. The number of halogens is 1. The molecule has 2 fully saturated rings. The van der Waals surface area contributed by atoms with E-state index >= 15 is 4.39 Å². The van der Waals surface area contributed by atoms with Crippen LogP contribution in [0.5, 0.6) is 0 Å². The van der Waals surface area contributed by atoms with Gasteiger partial charge in [-0.1, -0.05) is 24.3 Å². The zero-order valence-electron chi connectivity index (χ0n) is 22.1. The molecule has 4 heterocycles. The van der Waals surface area contributed by atoms with Gasteiger partial charge in [0.05, 0.1) is 17.3 Å². The van der Waals surface area contributed by atoms with Crippen LogP contribution in [0.4, 0.5) is 10.1 Å². The summed E-state index contributed by atoms with van der Waals surface area (Å²) in [7, 11) is 0. The summed E-state index contributed by atoms with van der Waals surface area (Å²) < 4.78 is 17.5. The second-order valence-corrected chi connectivity index (χ2v) is 11.2. The average molecular weight is 509 g/mol. The molecular formula is C32H33FN4O. The van der Waals surface area contributed by atoms with E-state index in [1.165, 1.54) is 11.1 Å². The maximum atomic E-state index is 15.4. The summed E-state index contributed by atoms with van der Waals surface area (Å²) in [6, 6.07) is 16.0. The Morgan fingerprint density at radius 1 is 1.00 bits per heavy atom. The van der Waals surface area contributed by atoms with E-state index in [2.05, 4.69) is 30.0 Å². The van der Waals surface area contributed by atoms with Crippen molar-refractivity contribution >= 4 is 17.2 Å². The van der Waals surface area contributed by atoms with Crippen LogP contribution in [0.25, 0.3) is 16.9 Å². The van der Waals surface area contributed by atoms with Crippen molar-refractivity contribution in [1.82, 2.24) is 14.3 Å². The molecule has 2 aromatic heterocycles. The number of hydrogen-bond donors (Lipinski definition) is 0. The van der Waals surface area contributed by atoms with Crippen molar-refractivity contribution in [2.75, 3.05) is 24.5 Å². The Morgan fingerprint density at radius 2 is 1.79 bits per heavy atom. The first-order chi connectivity index (χ1) is 18.5. The van der Waals surface area contributed by atoms with E-state index in [4.69, 9.17) is 4.98 Å². The van der Waals surface area contributed by atoms with Crippen molar-refractivity contribution < 1.29 is 9.18 Å². The minimum Gasteiger partial charge on any atom is -0.371 e. The number of pyridine rings is 1. The number of aromatic nitrogens is 2. The zero-order valence-corrected chi connectivity index (χ0v) is 22.1. The fourth-order valence-corrected chi connectivity index (χ4v) is 6.43. The number of anilines is 1. The van der Waals surface area contributed by atoms with Gasteiger partial charge < -0.3 is 14.2 Å². The molecule has 0 spiro atoms. The number of rotatable bonds is 4. The number of hydrogen-bond acceptors (Lipinski definition) is 3. The average Bonchev–Trinajstić information content (AvgIpc) is 3.53. The van der Waals surface area contributed by atoms with Gasteiger partial charge in [-0.3, -0.25) is 4.79 Å². The highest BCUT2D eigenvalue weighted by Gasteiger charge is 2.32. The van der Waals surface area contributed by atoms with Gasteiger partial charge in [-0.2, -0.15) is 0 Å². The summed E-state index contributed by atoms with van der Waals surface area (Å²) in [6.07, 6.45) is 7.29. The van der Waals surface area contributed by atoms with Crippen LogP contribution in [0.1, 0.15) is 77.3 Å². The Hall–Kier alpha value is -3.67. The number of benzene rings is 2. The van der Waals surface area contributed by atoms with Crippen molar-refractivity contribution in [3.05, 3.63) is 88.5 Å². The molecule has 2 aliphatic heterocycles. The number of nitrogens with zero attached hydrogens (tertiary/aromatic N) is 4. The van der Waals surface area contributed by atoms with Crippen molar-refractivity contribution in [2.24, 2.45) is 0 Å². The van der Waals surface area contributed by atoms with Gasteiger partial charge >= 0.3 is 0 Å². The van der Waals surface area contributed by atoms with E-state index < -0.39 is 0 Å². The number of imidazole rings is 1. The van der Waals surface area contributed by atoms with Crippen LogP contribution < -0.4 is 4.90 Å². The first kappa shape index (κ1) is 23.4. The van der Waals surface area contributed by atoms with E-state index in [-0.39, 0.29) is 17.8 Å². The van der Waals surface area contributed by atoms with E-state index in [1.807, 2.05) is 46.7 Å². The first-order valence-electron chi connectivity index (χ1n) is 14.0. The van der Waals surface area contributed by atoms with Crippen LogP contribution in [0.2, 0.25) is 0 Å². The van der Waals surface area contributed by atoms with Gasteiger partial charge in [0.15, 0.2) is 0 Å². The van der Waals surface area contributed by atoms with Crippen LogP contribution in [0.15, 0.2) is 54.7 Å². The lowest BCUT2D eigenvalue weighted by molar-refractivity contribution is 0.0677. The Morgan fingerprint density at radius 3 is 2.55 bits per heavy atom. The van der Waals surface area contributed by atoms with E-state index in [9.17, 15) is 4.79 Å². The molecule has 0 N–H and O–H groups in total. The molecule has 1 atom stereocenters. The summed E-state index contributed by atoms with van der Waals surface area (Å²) in [5.41, 5.74) is 8.15. The number of carbonyl (C=O) groups is 1. The van der Waals surface area contributed by atoms with Gasteiger partial charge in [-0.15, -0.1) is 0 Å². The molecule has 1 unspecified atom stereocenters. The standard InChI is InChI=1S/C32H33FN4O/c1-20-26-8-4-3-7-22(26)13-16-36(20)32(38)24-17-28(23-9-10-23)31-34-30(21(2)37(31)19-24)27-12-11-25(18-29(27)33)35-14-5-6-15-35/h3-4,7-8,11-12,17-20,23H,5-6,9-10,13-16H2,1-2H3. The molecular weight excluding hydrogens is 475 g/mol. The lowest BCUT2D eigenvalue weighted by Gasteiger charge is -2.35. The third-order valence-corrected chi connectivity index (χ3v) is 8.79. The predicted octanol–water partition coefficient (Wildman–Crippen LogP) is 6.69. The molecule has 0 radical (unpaired) electrons. The molecule has 1 aliphatic carbocycles. The van der Waals surface area contributed by atoms with Crippen molar-refractivity contribution in [3.63, 3.8) is 0 Å². The van der Waals surface area contributed by atoms with Crippen LogP contribution in [-0.2, 0) is 6.42 Å². The quantitative estimate of drug-likeness (QED) is 0.309. The molecule has 194 valence electrons. The third kappa shape index (κ3) is 3.80. The van der Waals surface area contributed by atoms with Crippen molar-refractivity contribution in [2.45, 2.75) is 57.9 Å². The SMILES string of the molecule is Cc1c(-c2ccc(N3CCCC3)cc2F)nc2c(C3CC3)cc(C(=O)N3CCc4ccccc4C3C)cn12. The van der Waals surface area contributed by atoms with Gasteiger partial charge in [0.25, 0.3) is 5.91 Å². The summed E-state index contributed by atoms with van der Waals surface area (Å²) in [5.74, 6) is 0.208. The van der Waals surface area contributed by atoms with E-state index in [0.29, 0.717) is 29.3 Å². The number of fused-ring (bicyclic) bond motifs is 2. The minimum absolute atomic E-state index is 0.0233.